The molecule has 1 aliphatic rings. The fraction of sp³-hybridized carbons (Fsp3) is 0.778. The van der Waals surface area contributed by atoms with Gasteiger partial charge in [0.15, 0.2) is 0 Å². The highest BCUT2D eigenvalue weighted by Gasteiger charge is 2.37. The average molecular weight is 184 g/mol. The molecule has 1 heterocycles. The monoisotopic (exact) mass is 184 g/mol. The number of hydrogen-bond acceptors (Lipinski definition) is 2. The number of nitrogens with one attached hydrogen (secondary N) is 1. The Morgan fingerprint density at radius 1 is 1.54 bits per heavy atom. The van der Waals surface area contributed by atoms with Crippen LogP contribution in [0.2, 0.25) is 0 Å². The maximum atomic E-state index is 11.3. The molecule has 3 amide bonds. The number of nitrogens with zero attached hydrogens (tertiary/aromatic N) is 1. The Hall–Kier alpha value is -1.06. The zero-order valence-corrected chi connectivity index (χ0v) is 8.55. The lowest BCUT2D eigenvalue weighted by molar-refractivity contribution is -0.125. The second kappa shape index (κ2) is 3.01. The molecule has 1 rings (SSSR count). The van der Waals surface area contributed by atoms with E-state index < -0.39 is 0 Å². The second-order valence-electron chi connectivity index (χ2n) is 4.50. The summed E-state index contributed by atoms with van der Waals surface area (Å²) in [5, 5.41) is 2.79. The highest BCUT2D eigenvalue weighted by Crippen LogP contribution is 2.23. The maximum Gasteiger partial charge on any atom is 0.324 e. The van der Waals surface area contributed by atoms with E-state index in [1.165, 1.54) is 11.8 Å². The standard InChI is InChI=1S/C9H16N2O2/c1-6(12)11-5-7(9(2,3)4)10-8(11)13/h7H,5H2,1-4H3,(H,10,13). The molecular formula is C9H16N2O2. The third-order valence-electron chi connectivity index (χ3n) is 2.33. The van der Waals surface area contributed by atoms with Crippen molar-refractivity contribution in [2.45, 2.75) is 33.7 Å². The van der Waals surface area contributed by atoms with Crippen molar-refractivity contribution in [1.82, 2.24) is 10.2 Å². The molecule has 1 saturated heterocycles. The highest BCUT2D eigenvalue weighted by atomic mass is 16.2. The Kier molecular flexibility index (Phi) is 2.32. The van der Waals surface area contributed by atoms with Crippen LogP contribution in [-0.2, 0) is 4.79 Å². The molecule has 1 atom stereocenters. The van der Waals surface area contributed by atoms with E-state index >= 15 is 0 Å². The lowest BCUT2D eigenvalue weighted by Gasteiger charge is -2.25. The van der Waals surface area contributed by atoms with Gasteiger partial charge in [0.25, 0.3) is 0 Å². The van der Waals surface area contributed by atoms with E-state index in [0.29, 0.717) is 6.54 Å². The molecule has 1 unspecified atom stereocenters. The lowest BCUT2D eigenvalue weighted by atomic mass is 9.87. The van der Waals surface area contributed by atoms with E-state index in [4.69, 9.17) is 0 Å². The summed E-state index contributed by atoms with van der Waals surface area (Å²) < 4.78 is 0. The summed E-state index contributed by atoms with van der Waals surface area (Å²) in [7, 11) is 0. The van der Waals surface area contributed by atoms with Gasteiger partial charge in [0.2, 0.25) is 5.91 Å². The van der Waals surface area contributed by atoms with Gasteiger partial charge in [0.05, 0.1) is 12.6 Å². The number of carbonyl (C=O) groups excluding carboxylic acids is 2. The van der Waals surface area contributed by atoms with Gasteiger partial charge in [0.1, 0.15) is 0 Å². The molecule has 1 N–H and O–H groups in total. The van der Waals surface area contributed by atoms with E-state index in [1.54, 1.807) is 0 Å². The minimum Gasteiger partial charge on any atom is -0.333 e. The van der Waals surface area contributed by atoms with E-state index in [1.807, 2.05) is 20.8 Å². The summed E-state index contributed by atoms with van der Waals surface area (Å²) in [6.07, 6.45) is 0. The van der Waals surface area contributed by atoms with Crippen LogP contribution in [0.15, 0.2) is 0 Å². The van der Waals surface area contributed by atoms with Gasteiger partial charge in [-0.3, -0.25) is 9.69 Å². The SMILES string of the molecule is CC(=O)N1CC(C(C)(C)C)NC1=O. The first-order valence-electron chi connectivity index (χ1n) is 4.41. The van der Waals surface area contributed by atoms with Gasteiger partial charge >= 0.3 is 6.03 Å². The molecule has 0 spiro atoms. The van der Waals surface area contributed by atoms with Gasteiger partial charge in [-0.25, -0.2) is 4.79 Å². The molecule has 1 fully saturated rings. The normalized spacial score (nSPS) is 23.2. The van der Waals surface area contributed by atoms with Crippen molar-refractivity contribution in [2.24, 2.45) is 5.41 Å². The molecule has 0 aromatic carbocycles. The molecule has 4 heteroatoms. The largest absolute Gasteiger partial charge is 0.333 e. The molecule has 0 saturated carbocycles. The van der Waals surface area contributed by atoms with Crippen LogP contribution in [-0.4, -0.2) is 29.4 Å². The van der Waals surface area contributed by atoms with E-state index in [9.17, 15) is 9.59 Å². The molecule has 0 aromatic heterocycles. The number of imide groups is 1. The molecule has 0 aliphatic carbocycles. The molecule has 1 aliphatic heterocycles. The first-order valence-corrected chi connectivity index (χ1v) is 4.41. The molecule has 0 radical (unpaired) electrons. The third-order valence-corrected chi connectivity index (χ3v) is 2.33. The van der Waals surface area contributed by atoms with Gasteiger partial charge < -0.3 is 5.32 Å². The van der Waals surface area contributed by atoms with Crippen LogP contribution in [0.3, 0.4) is 0 Å². The van der Waals surface area contributed by atoms with Crippen LogP contribution in [0.5, 0.6) is 0 Å². The van der Waals surface area contributed by atoms with Crippen LogP contribution < -0.4 is 5.32 Å². The Morgan fingerprint density at radius 2 is 2.08 bits per heavy atom. The van der Waals surface area contributed by atoms with E-state index in [0.717, 1.165) is 0 Å². The number of hydrogen-bond donors (Lipinski definition) is 1. The molecular weight excluding hydrogens is 168 g/mol. The molecule has 0 bridgehead atoms. The Labute approximate surface area is 78.3 Å². The Bertz CT molecular complexity index is 242. The van der Waals surface area contributed by atoms with Crippen molar-refractivity contribution >= 4 is 11.9 Å². The van der Waals surface area contributed by atoms with E-state index in [-0.39, 0.29) is 23.4 Å². The van der Waals surface area contributed by atoms with Gasteiger partial charge in [-0.05, 0) is 5.41 Å². The first kappa shape index (κ1) is 10.0. The number of urea groups is 1. The minimum absolute atomic E-state index is 0.000139. The zero-order chi connectivity index (χ0) is 10.2. The van der Waals surface area contributed by atoms with Crippen LogP contribution in [0.1, 0.15) is 27.7 Å². The number of amides is 3. The smallest absolute Gasteiger partial charge is 0.324 e. The van der Waals surface area contributed by atoms with E-state index in [2.05, 4.69) is 5.32 Å². The molecule has 4 nitrogen and oxygen atoms in total. The van der Waals surface area contributed by atoms with Gasteiger partial charge in [-0.1, -0.05) is 20.8 Å². The summed E-state index contributed by atoms with van der Waals surface area (Å²) in [5.41, 5.74) is -0.000139. The number of rotatable bonds is 0. The molecule has 13 heavy (non-hydrogen) atoms. The van der Waals surface area contributed by atoms with Crippen LogP contribution in [0.4, 0.5) is 4.79 Å². The average Bonchev–Trinajstić information content (AvgIpc) is 2.29. The van der Waals surface area contributed by atoms with Crippen molar-refractivity contribution in [3.63, 3.8) is 0 Å². The second-order valence-corrected chi connectivity index (χ2v) is 4.50. The summed E-state index contributed by atoms with van der Waals surface area (Å²) in [5.74, 6) is -0.191. The van der Waals surface area contributed by atoms with Crippen molar-refractivity contribution in [2.75, 3.05) is 6.54 Å². The first-order chi connectivity index (χ1) is 5.82. The van der Waals surface area contributed by atoms with Crippen molar-refractivity contribution in [1.29, 1.82) is 0 Å². The van der Waals surface area contributed by atoms with Crippen LogP contribution in [0.25, 0.3) is 0 Å². The number of carbonyl (C=O) groups is 2. The predicted octanol–water partition coefficient (Wildman–Crippen LogP) is 0.973. The fourth-order valence-corrected chi connectivity index (χ4v) is 1.30. The third kappa shape index (κ3) is 1.99. The predicted molar refractivity (Wildman–Crippen MR) is 49.2 cm³/mol. The molecule has 74 valence electrons. The fourth-order valence-electron chi connectivity index (χ4n) is 1.30. The van der Waals surface area contributed by atoms with Crippen molar-refractivity contribution in [3.05, 3.63) is 0 Å². The zero-order valence-electron chi connectivity index (χ0n) is 8.55. The van der Waals surface area contributed by atoms with Crippen LogP contribution in [0, 0.1) is 5.41 Å². The summed E-state index contributed by atoms with van der Waals surface area (Å²) in [4.78, 5) is 23.5. The molecule has 0 aromatic rings. The van der Waals surface area contributed by atoms with Crippen molar-refractivity contribution in [3.8, 4) is 0 Å². The summed E-state index contributed by atoms with van der Waals surface area (Å²) in [6, 6.07) is -0.212. The summed E-state index contributed by atoms with van der Waals surface area (Å²) in [6.45, 7) is 8.02. The van der Waals surface area contributed by atoms with Gasteiger partial charge in [0, 0.05) is 6.92 Å². The van der Waals surface area contributed by atoms with Gasteiger partial charge in [-0.15, -0.1) is 0 Å². The topological polar surface area (TPSA) is 49.4 Å². The quantitative estimate of drug-likeness (QED) is 0.610. The minimum atomic E-state index is -0.271. The Morgan fingerprint density at radius 3 is 2.31 bits per heavy atom. The highest BCUT2D eigenvalue weighted by molar-refractivity contribution is 5.95. The van der Waals surface area contributed by atoms with Crippen molar-refractivity contribution < 1.29 is 9.59 Å². The van der Waals surface area contributed by atoms with Gasteiger partial charge in [-0.2, -0.15) is 0 Å². The Balaban J connectivity index is 2.71. The lowest BCUT2D eigenvalue weighted by Crippen LogP contribution is -2.38. The van der Waals surface area contributed by atoms with Crippen LogP contribution >= 0.6 is 0 Å². The maximum absolute atomic E-state index is 11.3. The summed E-state index contributed by atoms with van der Waals surface area (Å²) >= 11 is 0.